The minimum atomic E-state index is -2.96. The molecule has 3 nitrogen and oxygen atoms in total. The Hall–Kier alpha value is -0.390. The van der Waals surface area contributed by atoms with Crippen molar-refractivity contribution in [3.63, 3.8) is 0 Å². The average molecular weight is 287 g/mol. The van der Waals surface area contributed by atoms with E-state index in [9.17, 15) is 8.42 Å². The van der Waals surface area contributed by atoms with Gasteiger partial charge in [-0.25, -0.2) is 8.42 Å². The van der Waals surface area contributed by atoms with Gasteiger partial charge >= 0.3 is 0 Å². The fourth-order valence-corrected chi connectivity index (χ4v) is 5.64. The average Bonchev–Trinajstić information content (AvgIpc) is 2.76. The molecule has 18 heavy (non-hydrogen) atoms. The Labute approximate surface area is 113 Å². The molecule has 2 N–H and O–H groups in total. The van der Waals surface area contributed by atoms with Crippen molar-refractivity contribution in [2.75, 3.05) is 5.75 Å². The molecule has 102 valence electrons. The summed E-state index contributed by atoms with van der Waals surface area (Å²) in [7, 11) is -2.96. The normalized spacial score (nSPS) is 24.9. The molecule has 0 radical (unpaired) electrons. The second-order valence-corrected chi connectivity index (χ2v) is 8.58. The van der Waals surface area contributed by atoms with E-state index in [0.29, 0.717) is 12.2 Å². The third kappa shape index (κ3) is 3.13. The van der Waals surface area contributed by atoms with Crippen molar-refractivity contribution in [1.29, 1.82) is 0 Å². The summed E-state index contributed by atoms with van der Waals surface area (Å²) in [4.78, 5) is 2.55. The molecule has 0 aliphatic carbocycles. The van der Waals surface area contributed by atoms with Crippen LogP contribution >= 0.6 is 11.3 Å². The van der Waals surface area contributed by atoms with Crippen LogP contribution in [0.25, 0.3) is 0 Å². The Morgan fingerprint density at radius 1 is 1.39 bits per heavy atom. The number of aryl methyl sites for hydroxylation is 1. The van der Waals surface area contributed by atoms with Crippen LogP contribution in [0.3, 0.4) is 0 Å². The summed E-state index contributed by atoms with van der Waals surface area (Å²) in [5.41, 5.74) is 6.13. The van der Waals surface area contributed by atoms with Crippen LogP contribution in [0.5, 0.6) is 0 Å². The highest BCUT2D eigenvalue weighted by Gasteiger charge is 2.33. The summed E-state index contributed by atoms with van der Waals surface area (Å²) >= 11 is 1.75. The van der Waals surface area contributed by atoms with Crippen molar-refractivity contribution in [3.8, 4) is 0 Å². The zero-order chi connectivity index (χ0) is 13.2. The first-order valence-electron chi connectivity index (χ1n) is 6.57. The maximum absolute atomic E-state index is 12.0. The topological polar surface area (TPSA) is 60.2 Å². The minimum absolute atomic E-state index is 0.251. The molecule has 0 saturated carbocycles. The number of thiophene rings is 1. The van der Waals surface area contributed by atoms with E-state index in [-0.39, 0.29) is 11.3 Å². The molecule has 2 unspecified atom stereocenters. The maximum Gasteiger partial charge on any atom is 0.154 e. The van der Waals surface area contributed by atoms with Crippen molar-refractivity contribution >= 4 is 21.2 Å². The maximum atomic E-state index is 12.0. The molecule has 0 aromatic carbocycles. The Morgan fingerprint density at radius 3 is 2.72 bits per heavy atom. The van der Waals surface area contributed by atoms with Crippen LogP contribution < -0.4 is 5.73 Å². The summed E-state index contributed by atoms with van der Waals surface area (Å²) < 4.78 is 24.0. The second kappa shape index (κ2) is 5.72. The van der Waals surface area contributed by atoms with Gasteiger partial charge < -0.3 is 5.73 Å². The van der Waals surface area contributed by atoms with Gasteiger partial charge in [0.05, 0.1) is 11.0 Å². The smallest absolute Gasteiger partial charge is 0.154 e. The highest BCUT2D eigenvalue weighted by atomic mass is 32.2. The van der Waals surface area contributed by atoms with Crippen LogP contribution in [0.2, 0.25) is 0 Å². The summed E-state index contributed by atoms with van der Waals surface area (Å²) in [6, 6.07) is 3.94. The van der Waals surface area contributed by atoms with Crippen LogP contribution in [0.4, 0.5) is 0 Å². The zero-order valence-corrected chi connectivity index (χ0v) is 12.4. The largest absolute Gasteiger partial charge is 0.326 e. The Kier molecular flexibility index (Phi) is 4.45. The van der Waals surface area contributed by atoms with Gasteiger partial charge in [0, 0.05) is 15.8 Å². The molecule has 1 saturated heterocycles. The molecule has 0 bridgehead atoms. The molecule has 2 heterocycles. The van der Waals surface area contributed by atoms with Gasteiger partial charge in [-0.1, -0.05) is 13.3 Å². The predicted octanol–water partition coefficient (Wildman–Crippen LogP) is 2.15. The van der Waals surface area contributed by atoms with Gasteiger partial charge in [0.1, 0.15) is 0 Å². The summed E-state index contributed by atoms with van der Waals surface area (Å²) in [6.45, 7) is 2.13. The van der Waals surface area contributed by atoms with Crippen LogP contribution in [0, 0.1) is 0 Å². The summed E-state index contributed by atoms with van der Waals surface area (Å²) in [5, 5.41) is -0.335. The minimum Gasteiger partial charge on any atom is -0.326 e. The van der Waals surface area contributed by atoms with E-state index in [1.54, 1.807) is 11.3 Å². The zero-order valence-electron chi connectivity index (χ0n) is 10.8. The number of rotatable bonds is 4. The second-order valence-electron chi connectivity index (χ2n) is 4.99. The van der Waals surface area contributed by atoms with E-state index >= 15 is 0 Å². The van der Waals surface area contributed by atoms with Crippen LogP contribution in [-0.4, -0.2) is 25.5 Å². The number of hydrogen-bond acceptors (Lipinski definition) is 4. The molecule has 1 aliphatic rings. The van der Waals surface area contributed by atoms with Crippen molar-refractivity contribution < 1.29 is 8.42 Å². The molecule has 2 atom stereocenters. The van der Waals surface area contributed by atoms with E-state index in [0.717, 1.165) is 25.7 Å². The van der Waals surface area contributed by atoms with Crippen LogP contribution in [0.15, 0.2) is 12.1 Å². The third-order valence-electron chi connectivity index (χ3n) is 3.61. The molecule has 1 aliphatic heterocycles. The monoisotopic (exact) mass is 287 g/mol. The highest BCUT2D eigenvalue weighted by molar-refractivity contribution is 7.92. The van der Waals surface area contributed by atoms with Crippen LogP contribution in [-0.2, 0) is 22.7 Å². The van der Waals surface area contributed by atoms with Gasteiger partial charge in [-0.15, -0.1) is 11.3 Å². The lowest BCUT2D eigenvalue weighted by Gasteiger charge is -2.27. The molecule has 2 rings (SSSR count). The van der Waals surface area contributed by atoms with Gasteiger partial charge in [-0.05, 0) is 37.8 Å². The molecular weight excluding hydrogens is 266 g/mol. The number of sulfone groups is 1. The quantitative estimate of drug-likeness (QED) is 0.923. The van der Waals surface area contributed by atoms with Crippen molar-refractivity contribution in [2.24, 2.45) is 5.73 Å². The van der Waals surface area contributed by atoms with E-state index in [1.807, 2.05) is 0 Å². The van der Waals surface area contributed by atoms with Crippen molar-refractivity contribution in [1.82, 2.24) is 0 Å². The summed E-state index contributed by atoms with van der Waals surface area (Å²) in [6.07, 6.45) is 4.23. The molecular formula is C13H21NO2S2. The first kappa shape index (κ1) is 14.0. The van der Waals surface area contributed by atoms with Gasteiger partial charge in [-0.3, -0.25) is 0 Å². The molecule has 0 amide bonds. The van der Waals surface area contributed by atoms with E-state index in [4.69, 9.17) is 5.73 Å². The lowest BCUT2D eigenvalue weighted by atomic mass is 10.0. The third-order valence-corrected chi connectivity index (χ3v) is 7.23. The van der Waals surface area contributed by atoms with Gasteiger partial charge in [-0.2, -0.15) is 0 Å². The van der Waals surface area contributed by atoms with Crippen LogP contribution in [0.1, 0.15) is 35.9 Å². The van der Waals surface area contributed by atoms with E-state index in [2.05, 4.69) is 19.1 Å². The fraction of sp³-hybridized carbons (Fsp3) is 0.692. The van der Waals surface area contributed by atoms with E-state index < -0.39 is 9.84 Å². The molecule has 5 heteroatoms. The van der Waals surface area contributed by atoms with Gasteiger partial charge in [0.25, 0.3) is 0 Å². The lowest BCUT2D eigenvalue weighted by Crippen LogP contribution is -2.44. The first-order valence-corrected chi connectivity index (χ1v) is 9.11. The fourth-order valence-electron chi connectivity index (χ4n) is 2.55. The highest BCUT2D eigenvalue weighted by Crippen LogP contribution is 2.25. The summed E-state index contributed by atoms with van der Waals surface area (Å²) in [5.74, 6) is 0.315. The van der Waals surface area contributed by atoms with E-state index in [1.165, 1.54) is 9.75 Å². The van der Waals surface area contributed by atoms with Gasteiger partial charge in [0.2, 0.25) is 0 Å². The number of hydrogen-bond donors (Lipinski definition) is 1. The molecule has 0 spiro atoms. The number of nitrogens with two attached hydrogens (primary N) is 1. The Bertz CT molecular complexity index is 493. The molecule has 1 aromatic heterocycles. The molecule has 1 aromatic rings. The van der Waals surface area contributed by atoms with Crippen molar-refractivity contribution in [3.05, 3.63) is 21.9 Å². The van der Waals surface area contributed by atoms with Crippen molar-refractivity contribution in [2.45, 2.75) is 50.3 Å². The Morgan fingerprint density at radius 2 is 2.11 bits per heavy atom. The SMILES string of the molecule is CCc1ccc(CC(N)C2CCCCS2(=O)=O)s1. The Balaban J connectivity index is 2.04. The standard InChI is InChI=1S/C13H21NO2S2/c1-2-10-6-7-11(17-10)9-12(14)13-5-3-4-8-18(13,15)16/h6-7,12-13H,2-5,8-9,14H2,1H3. The first-order chi connectivity index (χ1) is 8.53. The van der Waals surface area contributed by atoms with Gasteiger partial charge in [0.15, 0.2) is 9.84 Å². The predicted molar refractivity (Wildman–Crippen MR) is 76.8 cm³/mol. The molecule has 1 fully saturated rings. The lowest BCUT2D eigenvalue weighted by molar-refractivity contribution is 0.496.